The van der Waals surface area contributed by atoms with Gasteiger partial charge in [-0.2, -0.15) is 12.6 Å². The molecule has 6 heteroatoms. The molecule has 0 aromatic carbocycles. The summed E-state index contributed by atoms with van der Waals surface area (Å²) in [6.45, 7) is 0. The van der Waals surface area contributed by atoms with Gasteiger partial charge in [-0.15, -0.1) is 0 Å². The van der Waals surface area contributed by atoms with Crippen LogP contribution in [-0.2, 0) is 4.74 Å². The van der Waals surface area contributed by atoms with Crippen molar-refractivity contribution in [3.05, 3.63) is 0 Å². The molecule has 1 aliphatic heterocycles. The van der Waals surface area contributed by atoms with Crippen LogP contribution in [0.4, 0.5) is 0 Å². The Bertz CT molecular complexity index is 154. The van der Waals surface area contributed by atoms with Crippen molar-refractivity contribution in [1.82, 2.24) is 0 Å². The third-order valence-corrected chi connectivity index (χ3v) is 2.31. The van der Waals surface area contributed by atoms with Crippen LogP contribution in [0.2, 0.25) is 0 Å². The van der Waals surface area contributed by atoms with Crippen molar-refractivity contribution < 1.29 is 20.1 Å². The van der Waals surface area contributed by atoms with Crippen molar-refractivity contribution in [2.24, 2.45) is 5.73 Å². The summed E-state index contributed by atoms with van der Waals surface area (Å²) in [5.41, 5.74) is 5.32. The molecule has 5 N–H and O–H groups in total. The van der Waals surface area contributed by atoms with E-state index in [0.717, 1.165) is 0 Å². The summed E-state index contributed by atoms with van der Waals surface area (Å²) in [5.74, 6) is 0.224. The molecule has 0 aromatic rings. The highest BCUT2D eigenvalue weighted by molar-refractivity contribution is 7.80. The lowest BCUT2D eigenvalue weighted by Crippen LogP contribution is -2.61. The van der Waals surface area contributed by atoms with Gasteiger partial charge in [-0.3, -0.25) is 0 Å². The van der Waals surface area contributed by atoms with Gasteiger partial charge in [-0.1, -0.05) is 0 Å². The first-order valence-electron chi connectivity index (χ1n) is 3.64. The fourth-order valence-corrected chi connectivity index (χ4v) is 1.42. The lowest BCUT2D eigenvalue weighted by Gasteiger charge is -2.38. The molecule has 0 bridgehead atoms. The molecule has 72 valence electrons. The summed E-state index contributed by atoms with van der Waals surface area (Å²) in [7, 11) is 0. The predicted octanol–water partition coefficient (Wildman–Crippen LogP) is -2.32. The van der Waals surface area contributed by atoms with Gasteiger partial charge < -0.3 is 25.8 Å². The second-order valence-corrected chi connectivity index (χ2v) is 3.17. The van der Waals surface area contributed by atoms with Gasteiger partial charge in [0, 0.05) is 5.75 Å². The molecule has 1 aliphatic rings. The zero-order valence-corrected chi connectivity index (χ0v) is 7.26. The quantitative estimate of drug-likeness (QED) is 0.303. The van der Waals surface area contributed by atoms with E-state index < -0.39 is 30.6 Å². The van der Waals surface area contributed by atoms with E-state index >= 15 is 0 Å². The van der Waals surface area contributed by atoms with Gasteiger partial charge in [-0.25, -0.2) is 0 Å². The molecule has 12 heavy (non-hydrogen) atoms. The second kappa shape index (κ2) is 3.91. The molecule has 5 atom stereocenters. The van der Waals surface area contributed by atoms with Crippen LogP contribution in [0.15, 0.2) is 0 Å². The Kier molecular flexibility index (Phi) is 3.33. The highest BCUT2D eigenvalue weighted by atomic mass is 32.1. The van der Waals surface area contributed by atoms with Gasteiger partial charge in [0.25, 0.3) is 0 Å². The SMILES string of the molecule is N[C@H]1C(O)O[C@H](CS)[C@@H](O)[C@@H]1O. The Hall–Kier alpha value is 0.150. The van der Waals surface area contributed by atoms with Gasteiger partial charge in [0.1, 0.15) is 12.2 Å². The summed E-state index contributed by atoms with van der Waals surface area (Å²) in [6.07, 6.45) is -4.15. The van der Waals surface area contributed by atoms with E-state index in [1.165, 1.54) is 0 Å². The first-order chi connectivity index (χ1) is 5.57. The van der Waals surface area contributed by atoms with Gasteiger partial charge >= 0.3 is 0 Å². The lowest BCUT2D eigenvalue weighted by molar-refractivity contribution is -0.235. The largest absolute Gasteiger partial charge is 0.388 e. The third kappa shape index (κ3) is 1.73. The van der Waals surface area contributed by atoms with E-state index in [1.54, 1.807) is 0 Å². The molecule has 5 nitrogen and oxygen atoms in total. The van der Waals surface area contributed by atoms with E-state index in [2.05, 4.69) is 12.6 Å². The minimum Gasteiger partial charge on any atom is -0.388 e. The van der Waals surface area contributed by atoms with E-state index in [1.807, 2.05) is 0 Å². The minimum atomic E-state index is -1.24. The average molecular weight is 195 g/mol. The van der Waals surface area contributed by atoms with Gasteiger partial charge in [0.05, 0.1) is 12.1 Å². The number of thiol groups is 1. The van der Waals surface area contributed by atoms with Crippen molar-refractivity contribution in [2.75, 3.05) is 5.75 Å². The van der Waals surface area contributed by atoms with Crippen LogP contribution >= 0.6 is 12.6 Å². The molecule has 0 aliphatic carbocycles. The average Bonchev–Trinajstić information content (AvgIpc) is 2.08. The molecule has 1 rings (SSSR count). The standard InChI is InChI=1S/C6H13NO4S/c7-3-5(9)4(8)2(1-12)11-6(3)10/h2-6,8-10,12H,1,7H2/t2-,3-,4-,5-,6?/m1/s1. The smallest absolute Gasteiger partial charge is 0.172 e. The zero-order chi connectivity index (χ0) is 9.30. The second-order valence-electron chi connectivity index (χ2n) is 2.81. The van der Waals surface area contributed by atoms with Crippen molar-refractivity contribution in [3.63, 3.8) is 0 Å². The molecule has 1 saturated heterocycles. The molecule has 0 saturated carbocycles. The molecule has 1 heterocycles. The maximum absolute atomic E-state index is 9.31. The number of hydrogen-bond acceptors (Lipinski definition) is 6. The van der Waals surface area contributed by atoms with Crippen molar-refractivity contribution >= 4 is 12.6 Å². The van der Waals surface area contributed by atoms with Crippen molar-refractivity contribution in [2.45, 2.75) is 30.6 Å². The number of ether oxygens (including phenoxy) is 1. The van der Waals surface area contributed by atoms with E-state index in [-0.39, 0.29) is 5.75 Å². The van der Waals surface area contributed by atoms with Crippen LogP contribution in [0.25, 0.3) is 0 Å². The van der Waals surface area contributed by atoms with Crippen LogP contribution in [0, 0.1) is 0 Å². The van der Waals surface area contributed by atoms with Gasteiger partial charge in [0.2, 0.25) is 0 Å². The van der Waals surface area contributed by atoms with Crippen LogP contribution in [0.3, 0.4) is 0 Å². The van der Waals surface area contributed by atoms with Crippen molar-refractivity contribution in [1.29, 1.82) is 0 Å². The number of rotatable bonds is 1. The predicted molar refractivity (Wildman–Crippen MR) is 44.7 cm³/mol. The number of nitrogens with two attached hydrogens (primary N) is 1. The molecule has 1 unspecified atom stereocenters. The zero-order valence-electron chi connectivity index (χ0n) is 6.37. The monoisotopic (exact) mass is 195 g/mol. The van der Waals surface area contributed by atoms with E-state index in [9.17, 15) is 10.2 Å². The molecule has 0 radical (unpaired) electrons. The summed E-state index contributed by atoms with van der Waals surface area (Å²) in [4.78, 5) is 0. The summed E-state index contributed by atoms with van der Waals surface area (Å²) >= 11 is 3.89. The molecule has 1 fully saturated rings. The minimum absolute atomic E-state index is 0.224. The highest BCUT2D eigenvalue weighted by Gasteiger charge is 2.41. The van der Waals surface area contributed by atoms with E-state index in [0.29, 0.717) is 0 Å². The Balaban J connectivity index is 2.63. The topological polar surface area (TPSA) is 95.9 Å². The Morgan fingerprint density at radius 2 is 1.83 bits per heavy atom. The van der Waals surface area contributed by atoms with Gasteiger partial charge in [-0.05, 0) is 0 Å². The summed E-state index contributed by atoms with van der Waals surface area (Å²) in [6, 6.07) is -0.962. The number of aliphatic hydroxyl groups is 3. The van der Waals surface area contributed by atoms with Gasteiger partial charge in [0.15, 0.2) is 6.29 Å². The molecular formula is C6H13NO4S. The van der Waals surface area contributed by atoms with Crippen LogP contribution in [0.1, 0.15) is 0 Å². The van der Waals surface area contributed by atoms with Crippen LogP contribution in [0.5, 0.6) is 0 Å². The van der Waals surface area contributed by atoms with Crippen molar-refractivity contribution in [3.8, 4) is 0 Å². The molecule has 0 spiro atoms. The van der Waals surface area contributed by atoms with Crippen LogP contribution in [-0.4, -0.2) is 51.7 Å². The normalized spacial score (nSPS) is 49.2. The highest BCUT2D eigenvalue weighted by Crippen LogP contribution is 2.18. The fraction of sp³-hybridized carbons (Fsp3) is 1.00. The molecule has 0 amide bonds. The maximum atomic E-state index is 9.31. The summed E-state index contributed by atoms with van der Waals surface area (Å²) < 4.78 is 4.87. The third-order valence-electron chi connectivity index (χ3n) is 1.95. The number of hydrogen-bond donors (Lipinski definition) is 5. The Morgan fingerprint density at radius 1 is 1.25 bits per heavy atom. The Labute approximate surface area is 75.5 Å². The molecule has 0 aromatic heterocycles. The lowest BCUT2D eigenvalue weighted by atomic mass is 9.98. The molecular weight excluding hydrogens is 182 g/mol. The number of aliphatic hydroxyl groups excluding tert-OH is 3. The fourth-order valence-electron chi connectivity index (χ4n) is 1.12. The first-order valence-corrected chi connectivity index (χ1v) is 4.27. The Morgan fingerprint density at radius 3 is 2.33 bits per heavy atom. The first kappa shape index (κ1) is 10.2. The maximum Gasteiger partial charge on any atom is 0.172 e. The summed E-state index contributed by atoms with van der Waals surface area (Å²) in [5, 5.41) is 27.7. The van der Waals surface area contributed by atoms with Crippen LogP contribution < -0.4 is 5.73 Å². The van der Waals surface area contributed by atoms with E-state index in [4.69, 9.17) is 15.6 Å².